The van der Waals surface area contributed by atoms with E-state index in [1.807, 2.05) is 60.7 Å². The highest BCUT2D eigenvalue weighted by Gasteiger charge is 2.15. The number of anilines is 2. The fourth-order valence-corrected chi connectivity index (χ4v) is 2.51. The fourth-order valence-electron chi connectivity index (χ4n) is 2.34. The monoisotopic (exact) mass is 360 g/mol. The first kappa shape index (κ1) is 17.3. The molecule has 0 amide bonds. The first-order valence-corrected chi connectivity index (χ1v) is 8.31. The summed E-state index contributed by atoms with van der Waals surface area (Å²) >= 11 is 5.23. The first-order valence-electron chi connectivity index (χ1n) is 7.91. The van der Waals surface area contributed by atoms with Crippen molar-refractivity contribution in [2.24, 2.45) is 0 Å². The van der Waals surface area contributed by atoms with Crippen molar-refractivity contribution < 1.29 is 0 Å². The number of para-hydroxylation sites is 1. The fraction of sp³-hybridized carbons (Fsp3) is 0.0526. The predicted octanol–water partition coefficient (Wildman–Crippen LogP) is 3.45. The Hall–Kier alpha value is -3.50. The zero-order chi connectivity index (χ0) is 18.2. The number of thiocarbonyl (C=S) groups is 1. The Morgan fingerprint density at radius 1 is 1.00 bits per heavy atom. The largest absolute Gasteiger partial charge is 0.331 e. The molecule has 3 rings (SSSR count). The number of nitrogens with one attached hydrogen (secondary N) is 3. The molecule has 1 atom stereocenters. The van der Waals surface area contributed by atoms with Gasteiger partial charge in [-0.15, -0.1) is 0 Å². The Morgan fingerprint density at radius 2 is 1.69 bits per heavy atom. The minimum Gasteiger partial charge on any atom is -0.331 e. The van der Waals surface area contributed by atoms with E-state index < -0.39 is 5.92 Å². The summed E-state index contributed by atoms with van der Waals surface area (Å²) in [6.45, 7) is 0. The van der Waals surface area contributed by atoms with Crippen LogP contribution < -0.4 is 16.2 Å². The van der Waals surface area contributed by atoms with Gasteiger partial charge in [0.05, 0.1) is 24.2 Å². The molecule has 26 heavy (non-hydrogen) atoms. The Labute approximate surface area is 156 Å². The third-order valence-electron chi connectivity index (χ3n) is 3.55. The summed E-state index contributed by atoms with van der Waals surface area (Å²) in [4.78, 5) is 8.61. The highest BCUT2D eigenvalue weighted by atomic mass is 32.1. The average molecular weight is 360 g/mol. The standard InChI is InChI=1S/C19H16N6S/c20-11-16(14-7-3-1-4-8-14)17-12-21-13-18(23-17)24-25-19(26)22-15-9-5-2-6-10-15/h1-10,12-13,16H,(H,23,24)(H2,22,25,26). The summed E-state index contributed by atoms with van der Waals surface area (Å²) in [5.41, 5.74) is 8.06. The van der Waals surface area contributed by atoms with Crippen LogP contribution in [0.3, 0.4) is 0 Å². The van der Waals surface area contributed by atoms with Gasteiger partial charge in [0, 0.05) is 5.69 Å². The van der Waals surface area contributed by atoms with Crippen LogP contribution in [0, 0.1) is 11.3 Å². The van der Waals surface area contributed by atoms with Crippen LogP contribution in [0.15, 0.2) is 73.1 Å². The predicted molar refractivity (Wildman–Crippen MR) is 105 cm³/mol. The molecular formula is C19H16N6S. The van der Waals surface area contributed by atoms with E-state index in [0.717, 1.165) is 11.3 Å². The maximum Gasteiger partial charge on any atom is 0.189 e. The van der Waals surface area contributed by atoms with E-state index in [1.165, 1.54) is 0 Å². The van der Waals surface area contributed by atoms with Crippen molar-refractivity contribution in [2.45, 2.75) is 5.92 Å². The normalized spacial score (nSPS) is 11.0. The number of nitrogens with zero attached hydrogens (tertiary/aromatic N) is 3. The second-order valence-corrected chi connectivity index (χ2v) is 5.78. The summed E-state index contributed by atoms with van der Waals surface area (Å²) in [6, 6.07) is 21.3. The average Bonchev–Trinajstić information content (AvgIpc) is 2.69. The number of aromatic nitrogens is 2. The molecule has 3 aromatic rings. The molecule has 0 aliphatic rings. The lowest BCUT2D eigenvalue weighted by Gasteiger charge is -2.13. The van der Waals surface area contributed by atoms with Gasteiger partial charge in [0.1, 0.15) is 5.92 Å². The molecule has 6 nitrogen and oxygen atoms in total. The third-order valence-corrected chi connectivity index (χ3v) is 3.75. The zero-order valence-electron chi connectivity index (χ0n) is 13.8. The SMILES string of the molecule is N#CC(c1ccccc1)c1cncc(NNC(=S)Nc2ccccc2)n1. The summed E-state index contributed by atoms with van der Waals surface area (Å²) < 4.78 is 0. The van der Waals surface area contributed by atoms with Gasteiger partial charge in [-0.2, -0.15) is 5.26 Å². The minimum absolute atomic E-state index is 0.392. The highest BCUT2D eigenvalue weighted by molar-refractivity contribution is 7.80. The highest BCUT2D eigenvalue weighted by Crippen LogP contribution is 2.22. The summed E-state index contributed by atoms with van der Waals surface area (Å²) in [5.74, 6) is -0.0178. The number of hydrogen-bond acceptors (Lipinski definition) is 5. The van der Waals surface area contributed by atoms with Crippen LogP contribution in [-0.2, 0) is 0 Å². The lowest BCUT2D eigenvalue weighted by atomic mass is 9.98. The molecule has 1 unspecified atom stereocenters. The Morgan fingerprint density at radius 3 is 2.38 bits per heavy atom. The molecule has 1 heterocycles. The van der Waals surface area contributed by atoms with Gasteiger partial charge in [0.15, 0.2) is 10.9 Å². The lowest BCUT2D eigenvalue weighted by molar-refractivity contribution is 0.932. The van der Waals surface area contributed by atoms with Crippen LogP contribution in [0.25, 0.3) is 0 Å². The van der Waals surface area contributed by atoms with E-state index >= 15 is 0 Å². The molecule has 0 aliphatic carbocycles. The maximum absolute atomic E-state index is 9.52. The van der Waals surface area contributed by atoms with E-state index in [2.05, 4.69) is 32.2 Å². The maximum atomic E-state index is 9.52. The van der Waals surface area contributed by atoms with Crippen molar-refractivity contribution in [3.8, 4) is 6.07 Å². The van der Waals surface area contributed by atoms with Crippen molar-refractivity contribution in [1.82, 2.24) is 15.4 Å². The van der Waals surface area contributed by atoms with Crippen LogP contribution in [-0.4, -0.2) is 15.1 Å². The molecule has 0 aliphatic heterocycles. The molecule has 3 N–H and O–H groups in total. The van der Waals surface area contributed by atoms with Gasteiger partial charge in [-0.25, -0.2) is 4.98 Å². The van der Waals surface area contributed by atoms with E-state index in [-0.39, 0.29) is 0 Å². The number of hydrazine groups is 1. The topological polar surface area (TPSA) is 85.7 Å². The molecular weight excluding hydrogens is 344 g/mol. The van der Waals surface area contributed by atoms with Gasteiger partial charge in [0.2, 0.25) is 0 Å². The molecule has 128 valence electrons. The van der Waals surface area contributed by atoms with E-state index in [0.29, 0.717) is 16.6 Å². The summed E-state index contributed by atoms with van der Waals surface area (Å²) in [5, 5.41) is 13.0. The van der Waals surface area contributed by atoms with Crippen molar-refractivity contribution in [3.63, 3.8) is 0 Å². The number of nitriles is 1. The number of rotatable bonds is 5. The van der Waals surface area contributed by atoms with E-state index in [9.17, 15) is 5.26 Å². The van der Waals surface area contributed by atoms with E-state index in [1.54, 1.807) is 12.4 Å². The van der Waals surface area contributed by atoms with Crippen molar-refractivity contribution in [2.75, 3.05) is 10.7 Å². The van der Waals surface area contributed by atoms with Crippen LogP contribution in [0.2, 0.25) is 0 Å². The van der Waals surface area contributed by atoms with Crippen molar-refractivity contribution in [3.05, 3.63) is 84.3 Å². The molecule has 2 aromatic carbocycles. The second kappa shape index (κ2) is 8.55. The minimum atomic E-state index is -0.486. The van der Waals surface area contributed by atoms with Gasteiger partial charge in [-0.3, -0.25) is 15.8 Å². The Bertz CT molecular complexity index is 908. The summed E-state index contributed by atoms with van der Waals surface area (Å²) in [7, 11) is 0. The quantitative estimate of drug-likeness (QED) is 0.475. The number of benzene rings is 2. The van der Waals surface area contributed by atoms with Gasteiger partial charge in [-0.05, 0) is 29.9 Å². The molecule has 0 fully saturated rings. The molecule has 0 saturated carbocycles. The van der Waals surface area contributed by atoms with Gasteiger partial charge < -0.3 is 5.32 Å². The molecule has 7 heteroatoms. The van der Waals surface area contributed by atoms with Gasteiger partial charge in [0.25, 0.3) is 0 Å². The van der Waals surface area contributed by atoms with E-state index in [4.69, 9.17) is 12.2 Å². The third kappa shape index (κ3) is 4.53. The van der Waals surface area contributed by atoms with Crippen molar-refractivity contribution in [1.29, 1.82) is 5.26 Å². The van der Waals surface area contributed by atoms with Crippen LogP contribution >= 0.6 is 12.2 Å². The van der Waals surface area contributed by atoms with Crippen molar-refractivity contribution >= 4 is 28.8 Å². The Balaban J connectivity index is 1.66. The van der Waals surface area contributed by atoms with Gasteiger partial charge in [-0.1, -0.05) is 48.5 Å². The van der Waals surface area contributed by atoms with Crippen LogP contribution in [0.4, 0.5) is 11.5 Å². The zero-order valence-corrected chi connectivity index (χ0v) is 14.6. The number of hydrogen-bond donors (Lipinski definition) is 3. The van der Waals surface area contributed by atoms with Crippen LogP contribution in [0.5, 0.6) is 0 Å². The Kier molecular flexibility index (Phi) is 5.70. The second-order valence-electron chi connectivity index (χ2n) is 5.37. The molecule has 0 bridgehead atoms. The molecule has 0 saturated heterocycles. The molecule has 0 radical (unpaired) electrons. The first-order chi connectivity index (χ1) is 12.8. The lowest BCUT2D eigenvalue weighted by Crippen LogP contribution is -2.33. The molecule has 1 aromatic heterocycles. The smallest absolute Gasteiger partial charge is 0.189 e. The van der Waals surface area contributed by atoms with Gasteiger partial charge >= 0.3 is 0 Å². The summed E-state index contributed by atoms with van der Waals surface area (Å²) in [6.07, 6.45) is 3.15. The van der Waals surface area contributed by atoms with Crippen LogP contribution in [0.1, 0.15) is 17.2 Å². The molecule has 0 spiro atoms.